The molecule has 0 radical (unpaired) electrons. The van der Waals surface area contributed by atoms with Crippen molar-refractivity contribution < 1.29 is 0 Å². The molecule has 0 aliphatic rings. The summed E-state index contributed by atoms with van der Waals surface area (Å²) < 4.78 is 1.82. The van der Waals surface area contributed by atoms with Gasteiger partial charge < -0.3 is 5.32 Å². The van der Waals surface area contributed by atoms with Gasteiger partial charge in [0.05, 0.1) is 11.9 Å². The molecule has 1 aromatic heterocycles. The highest BCUT2D eigenvalue weighted by atomic mass is 79.9. The van der Waals surface area contributed by atoms with E-state index in [9.17, 15) is 4.79 Å². The van der Waals surface area contributed by atoms with Gasteiger partial charge in [-0.25, -0.2) is 4.68 Å². The van der Waals surface area contributed by atoms with Gasteiger partial charge in [0.15, 0.2) is 0 Å². The second-order valence-corrected chi connectivity index (χ2v) is 5.33. The van der Waals surface area contributed by atoms with Gasteiger partial charge in [0.1, 0.15) is 4.47 Å². The van der Waals surface area contributed by atoms with Gasteiger partial charge in [-0.15, -0.1) is 0 Å². The van der Waals surface area contributed by atoms with E-state index in [1.165, 1.54) is 10.2 Å². The fourth-order valence-corrected chi connectivity index (χ4v) is 2.37. The predicted molar refractivity (Wildman–Crippen MR) is 80.4 cm³/mol. The van der Waals surface area contributed by atoms with Crippen LogP contribution in [0, 0.1) is 0 Å². The number of halogens is 1. The number of benzene rings is 1. The Balaban J connectivity index is 2.09. The summed E-state index contributed by atoms with van der Waals surface area (Å²) in [7, 11) is 1.63. The summed E-state index contributed by atoms with van der Waals surface area (Å²) in [5, 5.41) is 7.32. The van der Waals surface area contributed by atoms with Crippen molar-refractivity contribution in [3.8, 4) is 0 Å². The van der Waals surface area contributed by atoms with Gasteiger partial charge in [0, 0.05) is 13.1 Å². The van der Waals surface area contributed by atoms with E-state index in [4.69, 9.17) is 0 Å². The molecule has 0 spiro atoms. The summed E-state index contributed by atoms with van der Waals surface area (Å²) in [5.74, 6) is 0. The van der Waals surface area contributed by atoms with Crippen LogP contribution < -0.4 is 10.9 Å². The van der Waals surface area contributed by atoms with Crippen molar-refractivity contribution in [3.63, 3.8) is 0 Å². The Bertz CT molecular complexity index is 610. The Morgan fingerprint density at radius 2 is 2.05 bits per heavy atom. The molecule has 2 aromatic rings. The summed E-state index contributed by atoms with van der Waals surface area (Å²) in [4.78, 5) is 11.7. The highest BCUT2D eigenvalue weighted by molar-refractivity contribution is 9.10. The third-order valence-electron chi connectivity index (χ3n) is 2.86. The number of nitrogens with one attached hydrogen (secondary N) is 1. The van der Waals surface area contributed by atoms with Crippen molar-refractivity contribution in [2.45, 2.75) is 19.4 Å². The van der Waals surface area contributed by atoms with E-state index < -0.39 is 0 Å². The molecule has 1 N–H and O–H groups in total. The first-order chi connectivity index (χ1) is 9.08. The maximum Gasteiger partial charge on any atom is 0.282 e. The quantitative estimate of drug-likeness (QED) is 0.941. The van der Waals surface area contributed by atoms with Crippen LogP contribution in [-0.4, -0.2) is 15.8 Å². The molecule has 1 heterocycles. The molecule has 0 aliphatic heterocycles. The van der Waals surface area contributed by atoms with E-state index in [-0.39, 0.29) is 11.6 Å². The summed E-state index contributed by atoms with van der Waals surface area (Å²) in [6.45, 7) is 2.08. The average Bonchev–Trinajstić information content (AvgIpc) is 2.41. The highest BCUT2D eigenvalue weighted by Gasteiger charge is 2.10. The van der Waals surface area contributed by atoms with Gasteiger partial charge in [0.2, 0.25) is 0 Å². The van der Waals surface area contributed by atoms with E-state index in [0.717, 1.165) is 12.1 Å². The van der Waals surface area contributed by atoms with Crippen LogP contribution in [-0.2, 0) is 13.5 Å². The molecule has 0 saturated carbocycles. The van der Waals surface area contributed by atoms with E-state index in [1.807, 2.05) is 18.2 Å². The van der Waals surface area contributed by atoms with Crippen LogP contribution in [0.25, 0.3) is 0 Å². The standard InChI is InChI=1S/C14H16BrN3O/c1-10(8-11-6-4-3-5-7-11)17-12-9-16-18(2)14(19)13(12)15/h3-7,9-10,17H,8H2,1-2H3. The Morgan fingerprint density at radius 3 is 2.74 bits per heavy atom. The van der Waals surface area contributed by atoms with Crippen LogP contribution in [0.1, 0.15) is 12.5 Å². The van der Waals surface area contributed by atoms with E-state index in [0.29, 0.717) is 4.47 Å². The minimum Gasteiger partial charge on any atom is -0.380 e. The zero-order chi connectivity index (χ0) is 13.8. The predicted octanol–water partition coefficient (Wildman–Crippen LogP) is 2.59. The molecule has 2 rings (SSSR count). The smallest absolute Gasteiger partial charge is 0.282 e. The first-order valence-electron chi connectivity index (χ1n) is 6.10. The fraction of sp³-hybridized carbons (Fsp3) is 0.286. The third-order valence-corrected chi connectivity index (χ3v) is 3.63. The molecule has 1 atom stereocenters. The molecule has 0 bridgehead atoms. The van der Waals surface area contributed by atoms with Crippen molar-refractivity contribution in [1.82, 2.24) is 9.78 Å². The van der Waals surface area contributed by atoms with Crippen molar-refractivity contribution in [3.05, 3.63) is 56.9 Å². The summed E-state index contributed by atoms with van der Waals surface area (Å²) in [6, 6.07) is 10.5. The summed E-state index contributed by atoms with van der Waals surface area (Å²) >= 11 is 3.31. The first kappa shape index (κ1) is 13.8. The lowest BCUT2D eigenvalue weighted by Crippen LogP contribution is -2.24. The van der Waals surface area contributed by atoms with E-state index >= 15 is 0 Å². The first-order valence-corrected chi connectivity index (χ1v) is 6.89. The second-order valence-electron chi connectivity index (χ2n) is 4.54. The lowest BCUT2D eigenvalue weighted by molar-refractivity contribution is 0.699. The number of nitrogens with zero attached hydrogens (tertiary/aromatic N) is 2. The molecule has 4 nitrogen and oxygen atoms in total. The number of anilines is 1. The highest BCUT2D eigenvalue weighted by Crippen LogP contribution is 2.18. The average molecular weight is 322 g/mol. The number of hydrogen-bond acceptors (Lipinski definition) is 3. The van der Waals surface area contributed by atoms with Crippen molar-refractivity contribution in [2.75, 3.05) is 5.32 Å². The molecule has 0 saturated heterocycles. The summed E-state index contributed by atoms with van der Waals surface area (Å²) in [6.07, 6.45) is 2.55. The minimum absolute atomic E-state index is 0.142. The minimum atomic E-state index is -0.142. The second kappa shape index (κ2) is 6.02. The molecule has 5 heteroatoms. The van der Waals surface area contributed by atoms with Crippen LogP contribution in [0.5, 0.6) is 0 Å². The van der Waals surface area contributed by atoms with Crippen LogP contribution in [0.15, 0.2) is 45.8 Å². The molecule has 100 valence electrons. The molecule has 0 fully saturated rings. The molecule has 1 aromatic carbocycles. The lowest BCUT2D eigenvalue weighted by Gasteiger charge is -2.16. The largest absolute Gasteiger partial charge is 0.380 e. The zero-order valence-electron chi connectivity index (χ0n) is 10.9. The maximum absolute atomic E-state index is 11.7. The SMILES string of the molecule is CC(Cc1ccccc1)Nc1cnn(C)c(=O)c1Br. The van der Waals surface area contributed by atoms with Gasteiger partial charge in [-0.3, -0.25) is 4.79 Å². The normalized spacial score (nSPS) is 12.2. The van der Waals surface area contributed by atoms with Crippen molar-refractivity contribution in [2.24, 2.45) is 7.05 Å². The monoisotopic (exact) mass is 321 g/mol. The Labute approximate surface area is 120 Å². The number of aryl methyl sites for hydroxylation is 1. The van der Waals surface area contributed by atoms with Gasteiger partial charge in [-0.05, 0) is 34.8 Å². The van der Waals surface area contributed by atoms with Gasteiger partial charge in [0.25, 0.3) is 5.56 Å². The molecule has 19 heavy (non-hydrogen) atoms. The van der Waals surface area contributed by atoms with Crippen molar-refractivity contribution >= 4 is 21.6 Å². The number of aromatic nitrogens is 2. The third kappa shape index (κ3) is 3.44. The number of hydrogen-bond donors (Lipinski definition) is 1. The van der Waals surface area contributed by atoms with Crippen LogP contribution in [0.2, 0.25) is 0 Å². The van der Waals surface area contributed by atoms with E-state index in [1.54, 1.807) is 13.2 Å². The Hall–Kier alpha value is -1.62. The van der Waals surface area contributed by atoms with Gasteiger partial charge >= 0.3 is 0 Å². The van der Waals surface area contributed by atoms with Crippen molar-refractivity contribution in [1.29, 1.82) is 0 Å². The molecule has 1 unspecified atom stereocenters. The van der Waals surface area contributed by atoms with Crippen LogP contribution in [0.4, 0.5) is 5.69 Å². The fourth-order valence-electron chi connectivity index (χ4n) is 1.90. The van der Waals surface area contributed by atoms with Gasteiger partial charge in [-0.2, -0.15) is 5.10 Å². The molecular weight excluding hydrogens is 306 g/mol. The summed E-state index contributed by atoms with van der Waals surface area (Å²) in [5.41, 5.74) is 1.85. The molecular formula is C14H16BrN3O. The lowest BCUT2D eigenvalue weighted by atomic mass is 10.1. The number of rotatable bonds is 4. The molecule has 0 amide bonds. The van der Waals surface area contributed by atoms with E-state index in [2.05, 4.69) is 45.4 Å². The Kier molecular flexibility index (Phi) is 4.37. The van der Waals surface area contributed by atoms with Crippen LogP contribution in [0.3, 0.4) is 0 Å². The van der Waals surface area contributed by atoms with Gasteiger partial charge in [-0.1, -0.05) is 30.3 Å². The Morgan fingerprint density at radius 1 is 1.37 bits per heavy atom. The van der Waals surface area contributed by atoms with Crippen LogP contribution >= 0.6 is 15.9 Å². The maximum atomic E-state index is 11.7. The zero-order valence-corrected chi connectivity index (χ0v) is 12.5. The topological polar surface area (TPSA) is 46.9 Å². The molecule has 0 aliphatic carbocycles.